The fraction of sp³-hybridized carbons (Fsp3) is 0.933. The first-order chi connectivity index (χ1) is 8.17. The maximum Gasteiger partial charge on any atom is 0.228 e. The van der Waals surface area contributed by atoms with Crippen molar-refractivity contribution < 1.29 is 4.79 Å². The van der Waals surface area contributed by atoms with E-state index in [4.69, 9.17) is 0 Å². The van der Waals surface area contributed by atoms with E-state index in [1.165, 1.54) is 0 Å². The lowest BCUT2D eigenvalue weighted by molar-refractivity contribution is -0.143. The van der Waals surface area contributed by atoms with Crippen molar-refractivity contribution in [1.82, 2.24) is 10.2 Å². The van der Waals surface area contributed by atoms with Gasteiger partial charge in [-0.2, -0.15) is 0 Å². The third kappa shape index (κ3) is 3.71. The normalized spacial score (nSPS) is 18.3. The van der Waals surface area contributed by atoms with E-state index in [9.17, 15) is 4.79 Å². The molecule has 1 saturated heterocycles. The highest BCUT2D eigenvalue weighted by atomic mass is 16.2. The molecule has 3 heteroatoms. The second kappa shape index (κ2) is 5.60. The standard InChI is InChI=1S/C15H30N2O/c1-12(2)14(3,4)11-15(5,6)13(18)17-9-7-16-8-10-17/h12,16H,7-11H2,1-6H3. The highest BCUT2D eigenvalue weighted by Gasteiger charge is 2.38. The summed E-state index contributed by atoms with van der Waals surface area (Å²) in [4.78, 5) is 14.6. The maximum absolute atomic E-state index is 12.6. The van der Waals surface area contributed by atoms with E-state index >= 15 is 0 Å². The number of piperazine rings is 1. The Morgan fingerprint density at radius 1 is 1.17 bits per heavy atom. The van der Waals surface area contributed by atoms with Crippen LogP contribution in [-0.2, 0) is 4.79 Å². The van der Waals surface area contributed by atoms with E-state index in [1.807, 2.05) is 4.90 Å². The highest BCUT2D eigenvalue weighted by molar-refractivity contribution is 5.82. The lowest BCUT2D eigenvalue weighted by Gasteiger charge is -2.40. The molecule has 1 fully saturated rings. The van der Waals surface area contributed by atoms with Crippen molar-refractivity contribution in [2.45, 2.75) is 48.0 Å². The van der Waals surface area contributed by atoms with Crippen molar-refractivity contribution in [3.8, 4) is 0 Å². The summed E-state index contributed by atoms with van der Waals surface area (Å²) < 4.78 is 0. The van der Waals surface area contributed by atoms with Crippen LogP contribution in [0.4, 0.5) is 0 Å². The van der Waals surface area contributed by atoms with Gasteiger partial charge in [0.05, 0.1) is 0 Å². The van der Waals surface area contributed by atoms with Gasteiger partial charge < -0.3 is 10.2 Å². The molecule has 0 spiro atoms. The number of hydrogen-bond acceptors (Lipinski definition) is 2. The van der Waals surface area contributed by atoms with E-state index < -0.39 is 0 Å². The Hall–Kier alpha value is -0.570. The van der Waals surface area contributed by atoms with Crippen molar-refractivity contribution in [2.75, 3.05) is 26.2 Å². The molecule has 1 amide bonds. The smallest absolute Gasteiger partial charge is 0.228 e. The summed E-state index contributed by atoms with van der Waals surface area (Å²) in [6.07, 6.45) is 0.945. The summed E-state index contributed by atoms with van der Waals surface area (Å²) in [7, 11) is 0. The Balaban J connectivity index is 2.69. The Kier molecular flexibility index (Phi) is 4.82. The maximum atomic E-state index is 12.6. The molecule has 1 N–H and O–H groups in total. The number of carbonyl (C=O) groups is 1. The molecule has 1 rings (SSSR count). The number of nitrogens with zero attached hydrogens (tertiary/aromatic N) is 1. The molecule has 0 aromatic carbocycles. The zero-order valence-electron chi connectivity index (χ0n) is 13.0. The molecular weight excluding hydrogens is 224 g/mol. The molecule has 3 nitrogen and oxygen atoms in total. The topological polar surface area (TPSA) is 32.3 Å². The summed E-state index contributed by atoms with van der Waals surface area (Å²) in [6.45, 7) is 16.8. The largest absolute Gasteiger partial charge is 0.340 e. The van der Waals surface area contributed by atoms with Gasteiger partial charge in [0.15, 0.2) is 0 Å². The second-order valence-corrected chi connectivity index (χ2v) is 7.25. The van der Waals surface area contributed by atoms with Gasteiger partial charge in [-0.3, -0.25) is 4.79 Å². The third-order valence-electron chi connectivity index (χ3n) is 4.44. The van der Waals surface area contributed by atoms with Crippen LogP contribution < -0.4 is 5.32 Å². The van der Waals surface area contributed by atoms with Crippen molar-refractivity contribution >= 4 is 5.91 Å². The minimum absolute atomic E-state index is 0.202. The molecule has 1 heterocycles. The van der Waals surface area contributed by atoms with E-state index in [1.54, 1.807) is 0 Å². The first kappa shape index (κ1) is 15.5. The lowest BCUT2D eigenvalue weighted by Crippen LogP contribution is -2.51. The molecule has 0 unspecified atom stereocenters. The SMILES string of the molecule is CC(C)C(C)(C)CC(C)(C)C(=O)N1CCNCC1. The summed E-state index contributed by atoms with van der Waals surface area (Å²) in [6, 6.07) is 0. The molecule has 18 heavy (non-hydrogen) atoms. The molecule has 1 aliphatic heterocycles. The first-order valence-corrected chi connectivity index (χ1v) is 7.17. The van der Waals surface area contributed by atoms with Gasteiger partial charge in [0.1, 0.15) is 0 Å². The van der Waals surface area contributed by atoms with E-state index in [-0.39, 0.29) is 10.8 Å². The van der Waals surface area contributed by atoms with Crippen molar-refractivity contribution in [2.24, 2.45) is 16.7 Å². The summed E-state index contributed by atoms with van der Waals surface area (Å²) in [5.74, 6) is 0.908. The Morgan fingerprint density at radius 2 is 1.67 bits per heavy atom. The van der Waals surface area contributed by atoms with Crippen molar-refractivity contribution in [3.05, 3.63) is 0 Å². The predicted molar refractivity (Wildman–Crippen MR) is 76.5 cm³/mol. The molecule has 0 bridgehead atoms. The van der Waals surface area contributed by atoms with Crippen LogP contribution >= 0.6 is 0 Å². The summed E-state index contributed by atoms with van der Waals surface area (Å²) >= 11 is 0. The number of rotatable bonds is 4. The molecule has 0 atom stereocenters. The Labute approximate surface area is 112 Å². The van der Waals surface area contributed by atoms with Crippen LogP contribution in [0.5, 0.6) is 0 Å². The molecule has 106 valence electrons. The predicted octanol–water partition coefficient (Wildman–Crippen LogP) is 2.52. The van der Waals surface area contributed by atoms with Gasteiger partial charge in [0.2, 0.25) is 5.91 Å². The number of carbonyl (C=O) groups excluding carboxylic acids is 1. The summed E-state index contributed by atoms with van der Waals surface area (Å²) in [5, 5.41) is 3.29. The van der Waals surface area contributed by atoms with Gasteiger partial charge in [-0.05, 0) is 17.8 Å². The molecule has 0 aliphatic carbocycles. The fourth-order valence-electron chi connectivity index (χ4n) is 2.71. The van der Waals surface area contributed by atoms with Crippen LogP contribution in [0.25, 0.3) is 0 Å². The third-order valence-corrected chi connectivity index (χ3v) is 4.44. The average molecular weight is 254 g/mol. The van der Waals surface area contributed by atoms with Crippen LogP contribution in [-0.4, -0.2) is 37.0 Å². The van der Waals surface area contributed by atoms with Crippen molar-refractivity contribution in [3.63, 3.8) is 0 Å². The minimum atomic E-state index is -0.259. The molecule has 0 saturated carbocycles. The zero-order valence-corrected chi connectivity index (χ0v) is 13.0. The molecular formula is C15H30N2O. The monoisotopic (exact) mass is 254 g/mol. The van der Waals surface area contributed by atoms with Crippen molar-refractivity contribution in [1.29, 1.82) is 0 Å². The quantitative estimate of drug-likeness (QED) is 0.836. The van der Waals surface area contributed by atoms with Crippen LogP contribution in [0, 0.1) is 16.7 Å². The van der Waals surface area contributed by atoms with Gasteiger partial charge in [0.25, 0.3) is 0 Å². The van der Waals surface area contributed by atoms with Gasteiger partial charge in [-0.25, -0.2) is 0 Å². The molecule has 0 aromatic heterocycles. The average Bonchev–Trinajstić information content (AvgIpc) is 2.27. The Bertz CT molecular complexity index is 289. The van der Waals surface area contributed by atoms with Crippen LogP contribution in [0.3, 0.4) is 0 Å². The Morgan fingerprint density at radius 3 is 2.11 bits per heavy atom. The molecule has 0 radical (unpaired) electrons. The fourth-order valence-corrected chi connectivity index (χ4v) is 2.71. The van der Waals surface area contributed by atoms with E-state index in [0.29, 0.717) is 11.8 Å². The van der Waals surface area contributed by atoms with Gasteiger partial charge in [-0.15, -0.1) is 0 Å². The molecule has 1 aliphatic rings. The summed E-state index contributed by atoms with van der Waals surface area (Å²) in [5.41, 5.74) is -0.0572. The first-order valence-electron chi connectivity index (χ1n) is 7.17. The van der Waals surface area contributed by atoms with Crippen LogP contribution in [0.2, 0.25) is 0 Å². The van der Waals surface area contributed by atoms with E-state index in [0.717, 1.165) is 32.6 Å². The van der Waals surface area contributed by atoms with Gasteiger partial charge >= 0.3 is 0 Å². The van der Waals surface area contributed by atoms with Gasteiger partial charge in [-0.1, -0.05) is 41.5 Å². The van der Waals surface area contributed by atoms with Gasteiger partial charge in [0, 0.05) is 31.6 Å². The number of amides is 1. The van der Waals surface area contributed by atoms with Crippen LogP contribution in [0.1, 0.15) is 48.0 Å². The highest BCUT2D eigenvalue weighted by Crippen LogP contribution is 2.40. The van der Waals surface area contributed by atoms with Crippen LogP contribution in [0.15, 0.2) is 0 Å². The second-order valence-electron chi connectivity index (χ2n) is 7.25. The number of hydrogen-bond donors (Lipinski definition) is 1. The van der Waals surface area contributed by atoms with E-state index in [2.05, 4.69) is 46.9 Å². The minimum Gasteiger partial charge on any atom is -0.340 e. The number of nitrogens with one attached hydrogen (secondary N) is 1. The zero-order chi connectivity index (χ0) is 14.0. The molecule has 0 aromatic rings. The lowest BCUT2D eigenvalue weighted by atomic mass is 9.69.